The minimum Gasteiger partial charge on any atom is -0.379 e. The van der Waals surface area contributed by atoms with E-state index in [1.54, 1.807) is 11.8 Å². The molecule has 21 heavy (non-hydrogen) atoms. The molecule has 0 radical (unpaired) electrons. The van der Waals surface area contributed by atoms with Gasteiger partial charge < -0.3 is 5.32 Å². The van der Waals surface area contributed by atoms with E-state index in [0.717, 1.165) is 22.9 Å². The van der Waals surface area contributed by atoms with E-state index in [1.807, 2.05) is 18.4 Å². The lowest BCUT2D eigenvalue weighted by Crippen LogP contribution is -2.27. The van der Waals surface area contributed by atoms with Gasteiger partial charge in [0.25, 0.3) is 0 Å². The van der Waals surface area contributed by atoms with Crippen molar-refractivity contribution in [1.82, 2.24) is 4.98 Å². The molecule has 2 aromatic rings. The van der Waals surface area contributed by atoms with Crippen molar-refractivity contribution in [3.05, 3.63) is 40.9 Å². The third kappa shape index (κ3) is 3.82. The lowest BCUT2D eigenvalue weighted by atomic mass is 10.1. The predicted molar refractivity (Wildman–Crippen MR) is 89.0 cm³/mol. The number of carbonyl (C=O) groups excluding carboxylic acids is 1. The molecule has 4 nitrogen and oxygen atoms in total. The highest BCUT2D eigenvalue weighted by atomic mass is 32.1. The smallest absolute Gasteiger partial charge is 0.225 e. The van der Waals surface area contributed by atoms with Gasteiger partial charge >= 0.3 is 0 Å². The van der Waals surface area contributed by atoms with E-state index < -0.39 is 0 Å². The molecule has 1 heterocycles. The minimum absolute atomic E-state index is 0.0303. The summed E-state index contributed by atoms with van der Waals surface area (Å²) in [5.41, 5.74) is 3.40. The topological polar surface area (TPSA) is 45.2 Å². The van der Waals surface area contributed by atoms with Gasteiger partial charge in [0.1, 0.15) is 0 Å². The van der Waals surface area contributed by atoms with Gasteiger partial charge in [0.05, 0.1) is 12.2 Å². The Bertz CT molecular complexity index is 609. The molecule has 0 saturated heterocycles. The molecule has 1 amide bonds. The van der Waals surface area contributed by atoms with Crippen molar-refractivity contribution in [2.24, 2.45) is 0 Å². The number of thiazole rings is 1. The van der Waals surface area contributed by atoms with Crippen LogP contribution >= 0.6 is 11.3 Å². The van der Waals surface area contributed by atoms with Crippen LogP contribution in [0, 0.1) is 0 Å². The molecule has 1 aromatic carbocycles. The molecule has 0 aliphatic rings. The highest BCUT2D eigenvalue weighted by molar-refractivity contribution is 7.14. The van der Waals surface area contributed by atoms with Crippen LogP contribution in [0.1, 0.15) is 32.0 Å². The van der Waals surface area contributed by atoms with E-state index in [1.165, 1.54) is 16.9 Å². The Morgan fingerprint density at radius 1 is 1.33 bits per heavy atom. The van der Waals surface area contributed by atoms with Gasteiger partial charge in [-0.15, -0.1) is 11.3 Å². The number of rotatable bonds is 6. The van der Waals surface area contributed by atoms with E-state index in [2.05, 4.69) is 35.4 Å². The second-order valence-electron chi connectivity index (χ2n) is 4.75. The average Bonchev–Trinajstić information content (AvgIpc) is 2.94. The van der Waals surface area contributed by atoms with Crippen molar-refractivity contribution in [2.45, 2.75) is 33.7 Å². The van der Waals surface area contributed by atoms with Crippen molar-refractivity contribution in [3.8, 4) is 0 Å². The van der Waals surface area contributed by atoms with Crippen LogP contribution in [0.2, 0.25) is 0 Å². The molecular formula is C16H21N3OS. The molecule has 0 saturated carbocycles. The SMILES string of the molecule is CCc1ccccc1NCc1csc(N(CC)C(C)=O)n1. The zero-order valence-corrected chi connectivity index (χ0v) is 13.5. The third-order valence-corrected chi connectivity index (χ3v) is 4.24. The molecular weight excluding hydrogens is 282 g/mol. The second-order valence-corrected chi connectivity index (χ2v) is 5.59. The van der Waals surface area contributed by atoms with Crippen LogP contribution in [0.25, 0.3) is 0 Å². The fourth-order valence-corrected chi connectivity index (χ4v) is 3.11. The van der Waals surface area contributed by atoms with Gasteiger partial charge in [-0.25, -0.2) is 4.98 Å². The van der Waals surface area contributed by atoms with Crippen LogP contribution in [0.4, 0.5) is 10.8 Å². The van der Waals surface area contributed by atoms with Gasteiger partial charge in [0, 0.05) is 24.5 Å². The quantitative estimate of drug-likeness (QED) is 0.885. The van der Waals surface area contributed by atoms with Gasteiger partial charge in [-0.3, -0.25) is 9.69 Å². The number of aromatic nitrogens is 1. The Kier molecular flexibility index (Phi) is 5.33. The van der Waals surface area contributed by atoms with Crippen molar-refractivity contribution in [3.63, 3.8) is 0 Å². The van der Waals surface area contributed by atoms with Gasteiger partial charge in [-0.2, -0.15) is 0 Å². The zero-order valence-electron chi connectivity index (χ0n) is 12.7. The Hall–Kier alpha value is -1.88. The van der Waals surface area contributed by atoms with Crippen LogP contribution < -0.4 is 10.2 Å². The number of amides is 1. The summed E-state index contributed by atoms with van der Waals surface area (Å²) in [4.78, 5) is 17.7. The van der Waals surface area contributed by atoms with E-state index in [4.69, 9.17) is 0 Å². The minimum atomic E-state index is 0.0303. The van der Waals surface area contributed by atoms with Gasteiger partial charge in [0.2, 0.25) is 5.91 Å². The number of anilines is 2. The molecule has 0 fully saturated rings. The average molecular weight is 303 g/mol. The molecule has 1 aromatic heterocycles. The summed E-state index contributed by atoms with van der Waals surface area (Å²) in [6.45, 7) is 6.99. The van der Waals surface area contributed by atoms with Crippen molar-refractivity contribution in [1.29, 1.82) is 0 Å². The number of hydrogen-bond donors (Lipinski definition) is 1. The molecule has 2 rings (SSSR count). The highest BCUT2D eigenvalue weighted by Gasteiger charge is 2.13. The van der Waals surface area contributed by atoms with Gasteiger partial charge in [0.15, 0.2) is 5.13 Å². The number of carbonyl (C=O) groups is 1. The van der Waals surface area contributed by atoms with Crippen LogP contribution in [-0.2, 0) is 17.8 Å². The molecule has 1 N–H and O–H groups in total. The van der Waals surface area contributed by atoms with Gasteiger partial charge in [-0.1, -0.05) is 25.1 Å². The number of nitrogens with zero attached hydrogens (tertiary/aromatic N) is 2. The second kappa shape index (κ2) is 7.22. The van der Waals surface area contributed by atoms with Crippen molar-refractivity contribution >= 4 is 28.1 Å². The van der Waals surface area contributed by atoms with E-state index in [-0.39, 0.29) is 5.91 Å². The van der Waals surface area contributed by atoms with Crippen LogP contribution in [0.5, 0.6) is 0 Å². The maximum Gasteiger partial charge on any atom is 0.225 e. The Labute approximate surface area is 129 Å². The summed E-state index contributed by atoms with van der Waals surface area (Å²) in [6.07, 6.45) is 0.999. The lowest BCUT2D eigenvalue weighted by molar-refractivity contribution is -0.116. The normalized spacial score (nSPS) is 10.4. The van der Waals surface area contributed by atoms with E-state index in [0.29, 0.717) is 13.1 Å². The molecule has 0 aliphatic carbocycles. The summed E-state index contributed by atoms with van der Waals surface area (Å²) < 4.78 is 0. The first-order valence-corrected chi connectivity index (χ1v) is 8.08. The summed E-state index contributed by atoms with van der Waals surface area (Å²) >= 11 is 1.51. The van der Waals surface area contributed by atoms with E-state index >= 15 is 0 Å². The first kappa shape index (κ1) is 15.5. The van der Waals surface area contributed by atoms with Gasteiger partial charge in [-0.05, 0) is 25.0 Å². The van der Waals surface area contributed by atoms with Crippen molar-refractivity contribution in [2.75, 3.05) is 16.8 Å². The van der Waals surface area contributed by atoms with Crippen molar-refractivity contribution < 1.29 is 4.79 Å². The maximum absolute atomic E-state index is 11.5. The Morgan fingerprint density at radius 2 is 2.10 bits per heavy atom. The highest BCUT2D eigenvalue weighted by Crippen LogP contribution is 2.22. The number of para-hydroxylation sites is 1. The first-order valence-electron chi connectivity index (χ1n) is 7.20. The number of benzene rings is 1. The Balaban J connectivity index is 2.04. The fourth-order valence-electron chi connectivity index (χ4n) is 2.18. The number of aryl methyl sites for hydroxylation is 1. The molecule has 0 atom stereocenters. The monoisotopic (exact) mass is 303 g/mol. The largest absolute Gasteiger partial charge is 0.379 e. The van der Waals surface area contributed by atoms with Crippen LogP contribution in [0.3, 0.4) is 0 Å². The third-order valence-electron chi connectivity index (χ3n) is 3.33. The zero-order chi connectivity index (χ0) is 15.2. The molecule has 5 heteroatoms. The summed E-state index contributed by atoms with van der Waals surface area (Å²) in [5, 5.41) is 6.19. The lowest BCUT2D eigenvalue weighted by Gasteiger charge is -2.14. The Morgan fingerprint density at radius 3 is 2.76 bits per heavy atom. The fraction of sp³-hybridized carbons (Fsp3) is 0.375. The number of hydrogen-bond acceptors (Lipinski definition) is 4. The summed E-state index contributed by atoms with van der Waals surface area (Å²) in [6, 6.07) is 8.29. The summed E-state index contributed by atoms with van der Waals surface area (Å²) in [5.74, 6) is 0.0303. The molecule has 0 unspecified atom stereocenters. The van der Waals surface area contributed by atoms with E-state index in [9.17, 15) is 4.79 Å². The van der Waals surface area contributed by atoms with Crippen LogP contribution in [0.15, 0.2) is 29.6 Å². The standard InChI is InChI=1S/C16H21N3OS/c1-4-13-8-6-7-9-15(13)17-10-14-11-21-16(18-14)19(5-2)12(3)20/h6-9,11,17H,4-5,10H2,1-3H3. The number of nitrogens with one attached hydrogen (secondary N) is 1. The molecule has 0 spiro atoms. The van der Waals surface area contributed by atoms with Crippen LogP contribution in [-0.4, -0.2) is 17.4 Å². The first-order chi connectivity index (χ1) is 10.2. The molecule has 112 valence electrons. The maximum atomic E-state index is 11.5. The molecule has 0 bridgehead atoms. The molecule has 0 aliphatic heterocycles. The predicted octanol–water partition coefficient (Wildman–Crippen LogP) is 3.69. The summed E-state index contributed by atoms with van der Waals surface area (Å²) in [7, 11) is 0.